The number of hydrogen-bond acceptors (Lipinski definition) is 5. The first kappa shape index (κ1) is 12.3. The van der Waals surface area contributed by atoms with E-state index >= 15 is 0 Å². The van der Waals surface area contributed by atoms with E-state index in [4.69, 9.17) is 0 Å². The molecular weight excluding hydrogens is 239 g/mol. The summed E-state index contributed by atoms with van der Waals surface area (Å²) < 4.78 is 15.0. The zero-order valence-electron chi connectivity index (χ0n) is 10.3. The lowest BCUT2D eigenvalue weighted by molar-refractivity contribution is 0.235. The highest BCUT2D eigenvalue weighted by atomic mass is 19.1. The van der Waals surface area contributed by atoms with Crippen LogP contribution in [0.25, 0.3) is 0 Å². The molecule has 0 aliphatic rings. The number of aromatic nitrogens is 6. The Kier molecular flexibility index (Phi) is 2.93. The van der Waals surface area contributed by atoms with Gasteiger partial charge in [0.1, 0.15) is 18.5 Å². The van der Waals surface area contributed by atoms with Crippen LogP contribution in [0.15, 0.2) is 12.7 Å². The van der Waals surface area contributed by atoms with E-state index in [-0.39, 0.29) is 11.2 Å². The van der Waals surface area contributed by atoms with Crippen LogP contribution < -0.4 is 0 Å². The summed E-state index contributed by atoms with van der Waals surface area (Å²) in [6, 6.07) is -0.608. The molecule has 0 radical (unpaired) electrons. The van der Waals surface area contributed by atoms with Crippen molar-refractivity contribution in [3.63, 3.8) is 0 Å². The van der Waals surface area contributed by atoms with E-state index in [1.165, 1.54) is 12.7 Å². The van der Waals surface area contributed by atoms with Gasteiger partial charge < -0.3 is 0 Å². The molecule has 2 aromatic rings. The number of halogens is 1. The van der Waals surface area contributed by atoms with E-state index in [2.05, 4.69) is 20.2 Å². The van der Waals surface area contributed by atoms with Crippen molar-refractivity contribution >= 4 is 6.03 Å². The van der Waals surface area contributed by atoms with Crippen molar-refractivity contribution in [3.05, 3.63) is 24.6 Å². The van der Waals surface area contributed by atoms with Gasteiger partial charge in [-0.15, -0.1) is 5.10 Å². The fourth-order valence-corrected chi connectivity index (χ4v) is 1.46. The zero-order chi connectivity index (χ0) is 13.3. The largest absolute Gasteiger partial charge is 0.372 e. The molecule has 0 spiro atoms. The summed E-state index contributed by atoms with van der Waals surface area (Å²) in [7, 11) is 0. The number of rotatable bonds is 1. The third kappa shape index (κ3) is 2.58. The van der Waals surface area contributed by atoms with Crippen LogP contribution >= 0.6 is 0 Å². The lowest BCUT2D eigenvalue weighted by Crippen LogP contribution is -2.25. The fraction of sp³-hybridized carbons (Fsp3) is 0.500. The van der Waals surface area contributed by atoms with Crippen molar-refractivity contribution in [1.82, 2.24) is 29.5 Å². The predicted molar refractivity (Wildman–Crippen MR) is 59.4 cm³/mol. The average Bonchev–Trinajstić information content (AvgIpc) is 2.84. The first-order valence-electron chi connectivity index (χ1n) is 5.37. The molecule has 0 bridgehead atoms. The zero-order valence-corrected chi connectivity index (χ0v) is 10.3. The van der Waals surface area contributed by atoms with Gasteiger partial charge in [0, 0.05) is 6.42 Å². The summed E-state index contributed by atoms with van der Waals surface area (Å²) >= 11 is 0. The van der Waals surface area contributed by atoms with Gasteiger partial charge in [-0.25, -0.2) is 9.78 Å². The van der Waals surface area contributed by atoms with Gasteiger partial charge in [0.25, 0.3) is 0 Å². The van der Waals surface area contributed by atoms with Crippen molar-refractivity contribution in [2.45, 2.75) is 27.2 Å². The molecule has 96 valence electrons. The van der Waals surface area contributed by atoms with E-state index in [1.54, 1.807) is 0 Å². The summed E-state index contributed by atoms with van der Waals surface area (Å²) in [5, 5.41) is 7.14. The molecule has 0 unspecified atom stereocenters. The average molecular weight is 252 g/mol. The Morgan fingerprint density at radius 1 is 1.44 bits per heavy atom. The van der Waals surface area contributed by atoms with Crippen LogP contribution in [0.1, 0.15) is 26.6 Å². The Morgan fingerprint density at radius 2 is 2.17 bits per heavy atom. The summed E-state index contributed by atoms with van der Waals surface area (Å²) in [5.41, 5.74) is -0.139. The van der Waals surface area contributed by atoms with Crippen molar-refractivity contribution in [2.75, 3.05) is 0 Å². The molecule has 2 aromatic heterocycles. The van der Waals surface area contributed by atoms with E-state index < -0.39 is 12.1 Å². The van der Waals surface area contributed by atoms with E-state index in [9.17, 15) is 9.18 Å². The van der Waals surface area contributed by atoms with Crippen LogP contribution in [-0.4, -0.2) is 35.6 Å². The summed E-state index contributed by atoms with van der Waals surface area (Å²) in [4.78, 5) is 19.3. The summed E-state index contributed by atoms with van der Waals surface area (Å²) in [6.07, 6.45) is 1.93. The van der Waals surface area contributed by atoms with Crippen molar-refractivity contribution in [1.29, 1.82) is 0 Å². The molecule has 0 aliphatic heterocycles. The van der Waals surface area contributed by atoms with Crippen LogP contribution in [0.3, 0.4) is 0 Å². The van der Waals surface area contributed by atoms with E-state index in [1.807, 2.05) is 20.8 Å². The highest BCUT2D eigenvalue weighted by molar-refractivity contribution is 5.77. The quantitative estimate of drug-likeness (QED) is 0.759. The molecule has 0 atom stereocenters. The highest BCUT2D eigenvalue weighted by Crippen LogP contribution is 2.19. The molecular formula is C10H13FN6O. The first-order valence-corrected chi connectivity index (χ1v) is 5.37. The van der Waals surface area contributed by atoms with E-state index in [0.29, 0.717) is 6.42 Å². The van der Waals surface area contributed by atoms with E-state index in [0.717, 1.165) is 9.36 Å². The van der Waals surface area contributed by atoms with Gasteiger partial charge in [-0.05, 0) is 5.41 Å². The van der Waals surface area contributed by atoms with Crippen molar-refractivity contribution in [2.24, 2.45) is 5.41 Å². The molecule has 0 saturated carbocycles. The Labute approximate surface area is 103 Å². The van der Waals surface area contributed by atoms with Gasteiger partial charge in [-0.1, -0.05) is 20.8 Å². The molecule has 0 aromatic carbocycles. The Hall–Kier alpha value is -2.12. The van der Waals surface area contributed by atoms with Gasteiger partial charge in [0.15, 0.2) is 0 Å². The minimum absolute atomic E-state index is 0.139. The SMILES string of the molecule is CC(C)(C)Cc1nc(F)nn1C(=O)n1cncn1. The molecule has 0 aliphatic carbocycles. The van der Waals surface area contributed by atoms with Gasteiger partial charge >= 0.3 is 12.1 Å². The highest BCUT2D eigenvalue weighted by Gasteiger charge is 2.22. The third-order valence-electron chi connectivity index (χ3n) is 2.13. The monoisotopic (exact) mass is 252 g/mol. The van der Waals surface area contributed by atoms with Crippen LogP contribution in [-0.2, 0) is 6.42 Å². The molecule has 18 heavy (non-hydrogen) atoms. The topological polar surface area (TPSA) is 78.5 Å². The molecule has 0 saturated heterocycles. The lowest BCUT2D eigenvalue weighted by atomic mass is 9.92. The second-order valence-electron chi connectivity index (χ2n) is 5.07. The Morgan fingerprint density at radius 3 is 2.72 bits per heavy atom. The van der Waals surface area contributed by atoms with Crippen LogP contribution in [0.2, 0.25) is 0 Å². The molecule has 0 N–H and O–H groups in total. The minimum Gasteiger partial charge on any atom is -0.243 e. The van der Waals surface area contributed by atoms with Crippen molar-refractivity contribution in [3.8, 4) is 0 Å². The first-order chi connectivity index (χ1) is 8.37. The Balaban J connectivity index is 2.36. The molecule has 8 heteroatoms. The van der Waals surface area contributed by atoms with Gasteiger partial charge in [0.05, 0.1) is 0 Å². The number of hydrogen-bond donors (Lipinski definition) is 0. The number of carbonyl (C=O) groups excluding carboxylic acids is 1. The minimum atomic E-state index is -0.928. The number of nitrogens with zero attached hydrogens (tertiary/aromatic N) is 6. The molecule has 0 fully saturated rings. The van der Waals surface area contributed by atoms with Crippen LogP contribution in [0, 0.1) is 11.5 Å². The van der Waals surface area contributed by atoms with Gasteiger partial charge in [-0.2, -0.15) is 23.8 Å². The summed E-state index contributed by atoms with van der Waals surface area (Å²) in [5.74, 6) is 0.264. The van der Waals surface area contributed by atoms with Gasteiger partial charge in [-0.3, -0.25) is 0 Å². The second-order valence-corrected chi connectivity index (χ2v) is 5.07. The maximum absolute atomic E-state index is 13.1. The smallest absolute Gasteiger partial charge is 0.243 e. The molecule has 2 rings (SSSR count). The van der Waals surface area contributed by atoms with Crippen molar-refractivity contribution < 1.29 is 9.18 Å². The Bertz CT molecular complexity index is 553. The number of carbonyl (C=O) groups is 1. The summed E-state index contributed by atoms with van der Waals surface area (Å²) in [6.45, 7) is 5.89. The normalized spacial score (nSPS) is 11.8. The maximum atomic E-state index is 13.1. The molecule has 0 amide bonds. The second kappa shape index (κ2) is 4.28. The standard InChI is InChI=1S/C10H13FN6O/c1-10(2,3)4-7-14-8(11)15-17(7)9(18)16-6-12-5-13-16/h5-6H,4H2,1-3H3. The lowest BCUT2D eigenvalue weighted by Gasteiger charge is -2.16. The third-order valence-corrected chi connectivity index (χ3v) is 2.13. The molecule has 2 heterocycles. The van der Waals surface area contributed by atoms with Crippen LogP contribution in [0.4, 0.5) is 9.18 Å². The van der Waals surface area contributed by atoms with Gasteiger partial charge in [0.2, 0.25) is 0 Å². The fourth-order valence-electron chi connectivity index (χ4n) is 1.46. The van der Waals surface area contributed by atoms with Crippen LogP contribution in [0.5, 0.6) is 0 Å². The molecule has 7 nitrogen and oxygen atoms in total. The predicted octanol–water partition coefficient (Wildman–Crippen LogP) is 1.11. The maximum Gasteiger partial charge on any atom is 0.372 e.